The molecule has 3 aromatic rings. The number of methoxy groups -OCH3 is 1. The smallest absolute Gasteiger partial charge is 0.340 e. The highest BCUT2D eigenvalue weighted by atomic mass is 35.5. The zero-order valence-electron chi connectivity index (χ0n) is 22.2. The molecule has 0 saturated heterocycles. The first-order valence-corrected chi connectivity index (χ1v) is 12.5. The van der Waals surface area contributed by atoms with Crippen molar-refractivity contribution in [2.75, 3.05) is 18.6 Å². The molecule has 2 aromatic carbocycles. The molecule has 2 heterocycles. The number of rotatable bonds is 6. The number of halogens is 1. The number of esters is 1. The highest BCUT2D eigenvalue weighted by molar-refractivity contribution is 6.32. The lowest BCUT2D eigenvalue weighted by Gasteiger charge is -2.19. The molecule has 4 rings (SSSR count). The summed E-state index contributed by atoms with van der Waals surface area (Å²) in [5.74, 6) is -0.180. The van der Waals surface area contributed by atoms with Gasteiger partial charge >= 0.3 is 5.97 Å². The summed E-state index contributed by atoms with van der Waals surface area (Å²) >= 11 is 6.38. The van der Waals surface area contributed by atoms with E-state index in [1.165, 1.54) is 0 Å². The lowest BCUT2D eigenvalue weighted by molar-refractivity contribution is -0.138. The third-order valence-corrected chi connectivity index (χ3v) is 7.09. The van der Waals surface area contributed by atoms with Crippen molar-refractivity contribution in [2.45, 2.75) is 41.5 Å². The number of ether oxygens (including phenoxy) is 2. The predicted molar refractivity (Wildman–Crippen MR) is 148 cm³/mol. The van der Waals surface area contributed by atoms with Crippen molar-refractivity contribution in [2.24, 2.45) is 0 Å². The third kappa shape index (κ3) is 4.69. The number of carbonyl (C=O) groups excluding carboxylic acids is 2. The SMILES string of the molecule is CCOC(=O)C1=C(C)N(c2ccc(C)c(C)c2)C(=O)/C1=C\c1cc(C)n(-c2ccc(OC)c(Cl)c2)c1C. The average molecular weight is 519 g/mol. The van der Waals surface area contributed by atoms with Crippen LogP contribution in [-0.4, -0.2) is 30.2 Å². The van der Waals surface area contributed by atoms with Crippen molar-refractivity contribution >= 4 is 35.2 Å². The number of amides is 1. The van der Waals surface area contributed by atoms with Gasteiger partial charge in [0.25, 0.3) is 5.91 Å². The Bertz CT molecular complexity index is 1480. The topological polar surface area (TPSA) is 60.8 Å². The van der Waals surface area contributed by atoms with Gasteiger partial charge in [0.15, 0.2) is 0 Å². The molecular formula is C30H31ClN2O4. The van der Waals surface area contributed by atoms with Crippen LogP contribution < -0.4 is 9.64 Å². The first-order chi connectivity index (χ1) is 17.6. The Morgan fingerprint density at radius 2 is 1.68 bits per heavy atom. The van der Waals surface area contributed by atoms with Crippen molar-refractivity contribution in [1.29, 1.82) is 0 Å². The van der Waals surface area contributed by atoms with E-state index in [4.69, 9.17) is 21.1 Å². The molecule has 1 amide bonds. The molecule has 0 bridgehead atoms. The maximum Gasteiger partial charge on any atom is 0.340 e. The number of aromatic nitrogens is 1. The Morgan fingerprint density at radius 3 is 2.30 bits per heavy atom. The predicted octanol–water partition coefficient (Wildman–Crippen LogP) is 6.64. The number of allylic oxidation sites excluding steroid dienone is 1. The van der Waals surface area contributed by atoms with Gasteiger partial charge in [-0.25, -0.2) is 4.79 Å². The third-order valence-electron chi connectivity index (χ3n) is 6.79. The molecule has 0 atom stereocenters. The fraction of sp³-hybridized carbons (Fsp3) is 0.267. The van der Waals surface area contributed by atoms with Crippen LogP contribution >= 0.6 is 11.6 Å². The fourth-order valence-corrected chi connectivity index (χ4v) is 4.99. The lowest BCUT2D eigenvalue weighted by atomic mass is 10.0. The van der Waals surface area contributed by atoms with Gasteiger partial charge < -0.3 is 14.0 Å². The summed E-state index contributed by atoms with van der Waals surface area (Å²) in [7, 11) is 1.58. The number of anilines is 1. The summed E-state index contributed by atoms with van der Waals surface area (Å²) in [6, 6.07) is 13.4. The van der Waals surface area contributed by atoms with Gasteiger partial charge in [-0.2, -0.15) is 0 Å². The van der Waals surface area contributed by atoms with Gasteiger partial charge in [0.2, 0.25) is 0 Å². The quantitative estimate of drug-likeness (QED) is 0.271. The van der Waals surface area contributed by atoms with Gasteiger partial charge in [-0.05, 0) is 101 Å². The molecule has 1 aliphatic rings. The molecule has 7 heteroatoms. The van der Waals surface area contributed by atoms with Gasteiger partial charge in [-0.15, -0.1) is 0 Å². The monoisotopic (exact) mass is 518 g/mol. The molecule has 0 radical (unpaired) electrons. The zero-order chi connectivity index (χ0) is 27.0. The number of nitrogens with zero attached hydrogens (tertiary/aromatic N) is 2. The van der Waals surface area contributed by atoms with Crippen LogP contribution in [0.1, 0.15) is 41.9 Å². The Kier molecular flexibility index (Phi) is 7.32. The van der Waals surface area contributed by atoms with Gasteiger partial charge in [0.05, 0.1) is 29.9 Å². The van der Waals surface area contributed by atoms with Crippen molar-refractivity contribution in [3.8, 4) is 11.4 Å². The minimum atomic E-state index is -0.512. The number of hydrogen-bond acceptors (Lipinski definition) is 4. The van der Waals surface area contributed by atoms with E-state index in [2.05, 4.69) is 4.57 Å². The maximum atomic E-state index is 13.8. The van der Waals surface area contributed by atoms with Crippen LogP contribution in [0.15, 0.2) is 59.3 Å². The van der Waals surface area contributed by atoms with Crippen molar-refractivity contribution in [3.63, 3.8) is 0 Å². The maximum absolute atomic E-state index is 13.8. The van der Waals surface area contributed by atoms with E-state index < -0.39 is 5.97 Å². The van der Waals surface area contributed by atoms with Crippen LogP contribution in [0.25, 0.3) is 11.8 Å². The summed E-state index contributed by atoms with van der Waals surface area (Å²) in [5.41, 5.74) is 7.61. The molecule has 6 nitrogen and oxygen atoms in total. The summed E-state index contributed by atoms with van der Waals surface area (Å²) in [5, 5.41) is 0.505. The van der Waals surface area contributed by atoms with Crippen LogP contribution in [0, 0.1) is 27.7 Å². The second kappa shape index (κ2) is 10.3. The number of aryl methyl sites for hydroxylation is 3. The van der Waals surface area contributed by atoms with E-state index in [0.717, 1.165) is 33.8 Å². The second-order valence-corrected chi connectivity index (χ2v) is 9.54. The fourth-order valence-electron chi connectivity index (χ4n) is 4.74. The first kappa shape index (κ1) is 26.3. The largest absolute Gasteiger partial charge is 0.495 e. The van der Waals surface area contributed by atoms with Gasteiger partial charge in [0, 0.05) is 28.5 Å². The van der Waals surface area contributed by atoms with Crippen LogP contribution in [-0.2, 0) is 14.3 Å². The Balaban J connectivity index is 1.84. The summed E-state index contributed by atoms with van der Waals surface area (Å²) in [4.78, 5) is 28.4. The lowest BCUT2D eigenvalue weighted by Crippen LogP contribution is -2.24. The van der Waals surface area contributed by atoms with Crippen molar-refractivity contribution in [3.05, 3.63) is 92.4 Å². The van der Waals surface area contributed by atoms with Crippen LogP contribution in [0.5, 0.6) is 5.75 Å². The number of hydrogen-bond donors (Lipinski definition) is 0. The van der Waals surface area contributed by atoms with Gasteiger partial charge in [-0.3, -0.25) is 9.69 Å². The van der Waals surface area contributed by atoms with E-state index in [1.54, 1.807) is 31.9 Å². The molecular weight excluding hydrogens is 488 g/mol. The van der Waals surface area contributed by atoms with E-state index >= 15 is 0 Å². The van der Waals surface area contributed by atoms with E-state index in [1.807, 2.05) is 70.2 Å². The summed E-state index contributed by atoms with van der Waals surface area (Å²) < 4.78 is 12.7. The van der Waals surface area contributed by atoms with Crippen LogP contribution in [0.3, 0.4) is 0 Å². The highest BCUT2D eigenvalue weighted by Crippen LogP contribution is 2.37. The van der Waals surface area contributed by atoms with E-state index in [-0.39, 0.29) is 18.1 Å². The van der Waals surface area contributed by atoms with Gasteiger partial charge in [-0.1, -0.05) is 17.7 Å². The molecule has 37 heavy (non-hydrogen) atoms. The first-order valence-electron chi connectivity index (χ1n) is 12.1. The zero-order valence-corrected chi connectivity index (χ0v) is 23.0. The minimum Gasteiger partial charge on any atom is -0.495 e. The molecule has 0 aliphatic carbocycles. The molecule has 0 fully saturated rings. The molecule has 192 valence electrons. The van der Waals surface area contributed by atoms with Crippen molar-refractivity contribution in [1.82, 2.24) is 4.57 Å². The Labute approximate surface area is 222 Å². The molecule has 0 N–H and O–H groups in total. The van der Waals surface area contributed by atoms with Crippen LogP contribution in [0.4, 0.5) is 5.69 Å². The van der Waals surface area contributed by atoms with E-state index in [0.29, 0.717) is 27.7 Å². The number of benzene rings is 2. The normalized spacial score (nSPS) is 14.6. The van der Waals surface area contributed by atoms with Crippen LogP contribution in [0.2, 0.25) is 5.02 Å². The molecule has 1 aromatic heterocycles. The molecule has 0 spiro atoms. The van der Waals surface area contributed by atoms with Crippen molar-refractivity contribution < 1.29 is 19.1 Å². The Hall–Kier alpha value is -3.77. The summed E-state index contributed by atoms with van der Waals surface area (Å²) in [6.45, 7) is 11.7. The molecule has 1 aliphatic heterocycles. The highest BCUT2D eigenvalue weighted by Gasteiger charge is 2.38. The van der Waals surface area contributed by atoms with E-state index in [9.17, 15) is 9.59 Å². The number of carbonyl (C=O) groups is 2. The van der Waals surface area contributed by atoms with Gasteiger partial charge in [0.1, 0.15) is 5.75 Å². The second-order valence-electron chi connectivity index (χ2n) is 9.13. The molecule has 0 saturated carbocycles. The average Bonchev–Trinajstić information content (AvgIpc) is 3.27. The summed E-state index contributed by atoms with van der Waals surface area (Å²) in [6.07, 6.45) is 1.78. The minimum absolute atomic E-state index is 0.216. The Morgan fingerprint density at radius 1 is 0.973 bits per heavy atom. The molecule has 0 unspecified atom stereocenters. The standard InChI is InChI=1S/C30H31ClN2O4/c1-8-37-30(35)28-21(6)33(23-10-9-17(2)18(3)13-23)29(34)25(28)15-22-14-19(4)32(20(22)5)24-11-12-27(36-7)26(31)16-24/h9-16H,8H2,1-7H3/b25-15-.